The average molecular weight is 355 g/mol. The number of amides is 1. The molecule has 6 heteroatoms. The van der Waals surface area contributed by atoms with Crippen molar-refractivity contribution in [1.82, 2.24) is 15.5 Å². The second kappa shape index (κ2) is 7.02. The molecular weight excluding hydrogens is 330 g/mol. The quantitative estimate of drug-likeness (QED) is 0.864. The van der Waals surface area contributed by atoms with Crippen LogP contribution >= 0.6 is 0 Å². The molecule has 1 amide bonds. The minimum Gasteiger partial charge on any atom is -0.493 e. The van der Waals surface area contributed by atoms with Crippen molar-refractivity contribution in [3.05, 3.63) is 41.7 Å². The highest BCUT2D eigenvalue weighted by molar-refractivity contribution is 5.92. The van der Waals surface area contributed by atoms with Gasteiger partial charge in [0.1, 0.15) is 5.69 Å². The number of fused-ring (bicyclic) bond motifs is 1. The molecule has 2 aliphatic rings. The summed E-state index contributed by atoms with van der Waals surface area (Å²) in [6.07, 6.45) is 6.52. The first kappa shape index (κ1) is 16.9. The van der Waals surface area contributed by atoms with Crippen molar-refractivity contribution in [2.24, 2.45) is 11.8 Å². The first-order chi connectivity index (χ1) is 12.7. The summed E-state index contributed by atoms with van der Waals surface area (Å²) in [5.74, 6) is 2.87. The third-order valence-electron chi connectivity index (χ3n) is 6.02. The minimum atomic E-state index is -0.0815. The predicted octanol–water partition coefficient (Wildman–Crippen LogP) is 3.13. The highest BCUT2D eigenvalue weighted by Crippen LogP contribution is 2.55. The van der Waals surface area contributed by atoms with Gasteiger partial charge in [0.05, 0.1) is 14.2 Å². The third-order valence-corrected chi connectivity index (χ3v) is 6.02. The third kappa shape index (κ3) is 2.83. The Hall–Kier alpha value is -2.50. The number of carbonyl (C=O) groups excluding carboxylic acids is 1. The van der Waals surface area contributed by atoms with Gasteiger partial charge in [0.2, 0.25) is 0 Å². The predicted molar refractivity (Wildman–Crippen MR) is 97.6 cm³/mol. The molecule has 1 aromatic heterocycles. The van der Waals surface area contributed by atoms with E-state index in [9.17, 15) is 4.79 Å². The molecule has 1 heterocycles. The van der Waals surface area contributed by atoms with Gasteiger partial charge in [-0.2, -0.15) is 5.10 Å². The van der Waals surface area contributed by atoms with Crippen molar-refractivity contribution < 1.29 is 14.3 Å². The van der Waals surface area contributed by atoms with Crippen LogP contribution in [0.5, 0.6) is 11.5 Å². The lowest BCUT2D eigenvalue weighted by Gasteiger charge is -2.55. The van der Waals surface area contributed by atoms with Gasteiger partial charge < -0.3 is 14.8 Å². The second-order valence-electron chi connectivity index (χ2n) is 7.22. The first-order valence-electron chi connectivity index (χ1n) is 9.25. The molecule has 4 rings (SSSR count). The Balaban J connectivity index is 1.60. The van der Waals surface area contributed by atoms with E-state index in [1.165, 1.54) is 31.2 Å². The molecule has 2 saturated carbocycles. The molecule has 0 unspecified atom stereocenters. The monoisotopic (exact) mass is 355 g/mol. The second-order valence-corrected chi connectivity index (χ2v) is 7.22. The van der Waals surface area contributed by atoms with Gasteiger partial charge in [-0.3, -0.25) is 9.89 Å². The lowest BCUT2D eigenvalue weighted by Crippen LogP contribution is -2.59. The van der Waals surface area contributed by atoms with Gasteiger partial charge >= 0.3 is 0 Å². The molecule has 26 heavy (non-hydrogen) atoms. The number of nitrogens with zero attached hydrogens (tertiary/aromatic N) is 1. The summed E-state index contributed by atoms with van der Waals surface area (Å²) in [6.45, 7) is 0. The average Bonchev–Trinajstić information content (AvgIpc) is 3.21. The van der Waals surface area contributed by atoms with Gasteiger partial charge in [0.25, 0.3) is 5.91 Å². The summed E-state index contributed by atoms with van der Waals surface area (Å²) < 4.78 is 10.8. The zero-order valence-electron chi connectivity index (χ0n) is 15.2. The Morgan fingerprint density at radius 3 is 2.58 bits per heavy atom. The van der Waals surface area contributed by atoms with Gasteiger partial charge in [-0.1, -0.05) is 18.9 Å². The van der Waals surface area contributed by atoms with Crippen molar-refractivity contribution in [3.8, 4) is 11.5 Å². The maximum Gasteiger partial charge on any atom is 0.269 e. The van der Waals surface area contributed by atoms with Crippen molar-refractivity contribution in [2.45, 2.75) is 37.6 Å². The van der Waals surface area contributed by atoms with E-state index in [0.29, 0.717) is 23.4 Å². The molecule has 2 N–H and O–H groups in total. The molecule has 6 nitrogen and oxygen atoms in total. The van der Waals surface area contributed by atoms with E-state index in [2.05, 4.69) is 27.6 Å². The van der Waals surface area contributed by atoms with Crippen molar-refractivity contribution in [3.63, 3.8) is 0 Å². The number of carbonyl (C=O) groups is 1. The number of ether oxygens (including phenoxy) is 2. The van der Waals surface area contributed by atoms with Crippen molar-refractivity contribution >= 4 is 5.91 Å². The highest BCUT2D eigenvalue weighted by Gasteiger charge is 2.52. The number of benzene rings is 1. The molecule has 138 valence electrons. The fraction of sp³-hybridized carbons (Fsp3) is 0.500. The summed E-state index contributed by atoms with van der Waals surface area (Å²) in [7, 11) is 3.30. The number of hydrogen-bond donors (Lipinski definition) is 2. The Morgan fingerprint density at radius 1 is 1.12 bits per heavy atom. The number of nitrogens with one attached hydrogen (secondary N) is 2. The van der Waals surface area contributed by atoms with Crippen LogP contribution in [-0.2, 0) is 0 Å². The summed E-state index contributed by atoms with van der Waals surface area (Å²) >= 11 is 0. The van der Waals surface area contributed by atoms with Gasteiger partial charge in [0.15, 0.2) is 11.5 Å². The first-order valence-corrected chi connectivity index (χ1v) is 9.25. The van der Waals surface area contributed by atoms with E-state index < -0.39 is 0 Å². The number of rotatable bonds is 5. The number of H-pyrrole nitrogens is 1. The zero-order chi connectivity index (χ0) is 18.1. The van der Waals surface area contributed by atoms with Crippen LogP contribution in [0.1, 0.15) is 47.7 Å². The number of aromatic nitrogens is 2. The number of aromatic amines is 1. The van der Waals surface area contributed by atoms with Crippen LogP contribution in [0, 0.1) is 11.8 Å². The summed E-state index contributed by atoms with van der Waals surface area (Å²) in [4.78, 5) is 12.6. The van der Waals surface area contributed by atoms with Gasteiger partial charge in [-0.25, -0.2) is 0 Å². The highest BCUT2D eigenvalue weighted by atomic mass is 16.5. The zero-order valence-corrected chi connectivity index (χ0v) is 15.2. The van der Waals surface area contributed by atoms with Gasteiger partial charge in [-0.05, 0) is 48.4 Å². The minimum absolute atomic E-state index is 0.0815. The van der Waals surface area contributed by atoms with Crippen LogP contribution in [0.3, 0.4) is 0 Å². The molecule has 2 fully saturated rings. The van der Waals surface area contributed by atoms with Crippen LogP contribution in [0.25, 0.3) is 0 Å². The van der Waals surface area contributed by atoms with Crippen LogP contribution in [0.2, 0.25) is 0 Å². The van der Waals surface area contributed by atoms with Crippen LogP contribution in [0.15, 0.2) is 30.5 Å². The molecule has 1 aromatic carbocycles. The van der Waals surface area contributed by atoms with E-state index in [4.69, 9.17) is 9.47 Å². The lowest BCUT2D eigenvalue weighted by atomic mass is 9.53. The van der Waals surface area contributed by atoms with Gasteiger partial charge in [-0.15, -0.1) is 0 Å². The lowest BCUT2D eigenvalue weighted by molar-refractivity contribution is 0.0249. The number of hydrogen-bond acceptors (Lipinski definition) is 4. The Morgan fingerprint density at radius 2 is 1.88 bits per heavy atom. The number of methoxy groups -OCH3 is 2. The van der Waals surface area contributed by atoms with Crippen LogP contribution < -0.4 is 14.8 Å². The topological polar surface area (TPSA) is 76.2 Å². The van der Waals surface area contributed by atoms with E-state index in [-0.39, 0.29) is 11.9 Å². The molecule has 2 aliphatic carbocycles. The van der Waals surface area contributed by atoms with E-state index in [1.54, 1.807) is 26.5 Å². The van der Waals surface area contributed by atoms with E-state index in [0.717, 1.165) is 11.5 Å². The summed E-state index contributed by atoms with van der Waals surface area (Å²) in [6, 6.07) is 7.97. The molecular formula is C20H25N3O3. The Bertz CT molecular complexity index is 775. The van der Waals surface area contributed by atoms with Crippen LogP contribution in [0.4, 0.5) is 0 Å². The molecule has 0 saturated heterocycles. The standard InChI is InChI=1S/C20H25N3O3/c1-25-16-8-7-12(11-17(16)26-2)18-13-5-3-4-6-14(13)19(18)22-20(24)15-9-10-21-23-15/h7-11,13-14,18-19H,3-6H2,1-2H3,(H,21,23)(H,22,24)/t13-,14-,18-,19-/m0/s1. The Kier molecular flexibility index (Phi) is 4.57. The fourth-order valence-electron chi connectivity index (χ4n) is 4.79. The Labute approximate surface area is 153 Å². The van der Waals surface area contributed by atoms with Gasteiger partial charge in [0, 0.05) is 18.2 Å². The summed E-state index contributed by atoms with van der Waals surface area (Å²) in [5.41, 5.74) is 1.72. The maximum absolute atomic E-state index is 12.6. The molecule has 2 aromatic rings. The molecule has 0 bridgehead atoms. The van der Waals surface area contributed by atoms with Crippen molar-refractivity contribution in [2.75, 3.05) is 14.2 Å². The molecule has 0 spiro atoms. The maximum atomic E-state index is 12.6. The molecule has 0 radical (unpaired) electrons. The van der Waals surface area contributed by atoms with E-state index in [1.807, 2.05) is 6.07 Å². The van der Waals surface area contributed by atoms with Crippen LogP contribution in [-0.4, -0.2) is 36.4 Å². The largest absolute Gasteiger partial charge is 0.493 e. The van der Waals surface area contributed by atoms with E-state index >= 15 is 0 Å². The summed E-state index contributed by atoms with van der Waals surface area (Å²) in [5, 5.41) is 9.88. The molecule has 4 atom stereocenters. The normalized spacial score (nSPS) is 27.2. The SMILES string of the molecule is COc1ccc([C@H]2[C@H]3CCCC[C@@H]3[C@@H]2NC(=O)c2ccn[nH]2)cc1OC. The van der Waals surface area contributed by atoms with Crippen molar-refractivity contribution in [1.29, 1.82) is 0 Å². The fourth-order valence-corrected chi connectivity index (χ4v) is 4.79. The smallest absolute Gasteiger partial charge is 0.269 e. The molecule has 0 aliphatic heterocycles.